The van der Waals surface area contributed by atoms with E-state index in [1.807, 2.05) is 4.90 Å². The molecule has 1 aromatic rings. The van der Waals surface area contributed by atoms with E-state index in [1.165, 1.54) is 0 Å². The summed E-state index contributed by atoms with van der Waals surface area (Å²) in [5.41, 5.74) is 0.669. The lowest BCUT2D eigenvalue weighted by atomic mass is 10.0. The maximum absolute atomic E-state index is 12.0. The molecule has 80 valence electrons. The Morgan fingerprint density at radius 3 is 2.73 bits per heavy atom. The zero-order valence-electron chi connectivity index (χ0n) is 8.44. The highest BCUT2D eigenvalue weighted by Gasteiger charge is 2.38. The molecule has 0 unspecified atom stereocenters. The van der Waals surface area contributed by atoms with Crippen molar-refractivity contribution >= 4 is 5.91 Å². The van der Waals surface area contributed by atoms with Crippen molar-refractivity contribution in [3.05, 3.63) is 18.0 Å². The SMILES string of the molecule is O=C(c1cn[nH]c1)N1C[C@H]2CNC[C@H]2C1. The molecule has 1 amide bonds. The normalized spacial score (nSPS) is 29.5. The van der Waals surface area contributed by atoms with E-state index < -0.39 is 0 Å². The molecule has 0 radical (unpaired) electrons. The van der Waals surface area contributed by atoms with Crippen LogP contribution in [0.4, 0.5) is 0 Å². The lowest BCUT2D eigenvalue weighted by Gasteiger charge is -2.16. The van der Waals surface area contributed by atoms with Crippen LogP contribution < -0.4 is 5.32 Å². The molecule has 3 heterocycles. The Hall–Kier alpha value is -1.36. The summed E-state index contributed by atoms with van der Waals surface area (Å²) in [6, 6.07) is 0. The van der Waals surface area contributed by atoms with E-state index in [9.17, 15) is 4.79 Å². The predicted octanol–water partition coefficient (Wildman–Crippen LogP) is -0.299. The second-order valence-electron chi connectivity index (χ2n) is 4.38. The van der Waals surface area contributed by atoms with Gasteiger partial charge in [0.2, 0.25) is 0 Å². The molecule has 5 nitrogen and oxygen atoms in total. The van der Waals surface area contributed by atoms with Gasteiger partial charge in [-0.2, -0.15) is 5.10 Å². The Bertz CT molecular complexity index is 350. The maximum atomic E-state index is 12.0. The Balaban J connectivity index is 1.72. The molecule has 2 saturated heterocycles. The number of hydrogen-bond acceptors (Lipinski definition) is 3. The Morgan fingerprint density at radius 1 is 1.40 bits per heavy atom. The number of rotatable bonds is 1. The van der Waals surface area contributed by atoms with Crippen LogP contribution in [-0.2, 0) is 0 Å². The number of likely N-dealkylation sites (tertiary alicyclic amines) is 1. The molecule has 0 spiro atoms. The van der Waals surface area contributed by atoms with Crippen LogP contribution >= 0.6 is 0 Å². The van der Waals surface area contributed by atoms with Crippen molar-refractivity contribution in [1.29, 1.82) is 0 Å². The highest BCUT2D eigenvalue weighted by molar-refractivity contribution is 5.93. The van der Waals surface area contributed by atoms with Crippen LogP contribution in [0.3, 0.4) is 0 Å². The van der Waals surface area contributed by atoms with Crippen molar-refractivity contribution in [3.63, 3.8) is 0 Å². The van der Waals surface area contributed by atoms with Gasteiger partial charge in [0.05, 0.1) is 11.8 Å². The largest absolute Gasteiger partial charge is 0.338 e. The van der Waals surface area contributed by atoms with Gasteiger partial charge in [-0.05, 0) is 11.8 Å². The van der Waals surface area contributed by atoms with E-state index in [-0.39, 0.29) is 5.91 Å². The Labute approximate surface area is 87.8 Å². The van der Waals surface area contributed by atoms with Gasteiger partial charge in [0.1, 0.15) is 0 Å². The maximum Gasteiger partial charge on any atom is 0.257 e. The summed E-state index contributed by atoms with van der Waals surface area (Å²) in [5.74, 6) is 1.42. The van der Waals surface area contributed by atoms with Gasteiger partial charge < -0.3 is 10.2 Å². The van der Waals surface area contributed by atoms with Crippen LogP contribution in [0, 0.1) is 11.8 Å². The van der Waals surface area contributed by atoms with Crippen molar-refractivity contribution in [1.82, 2.24) is 20.4 Å². The van der Waals surface area contributed by atoms with Crippen LogP contribution in [0.2, 0.25) is 0 Å². The molecule has 2 aliphatic rings. The van der Waals surface area contributed by atoms with Crippen molar-refractivity contribution in [2.45, 2.75) is 0 Å². The molecular formula is C10H14N4O. The summed E-state index contributed by atoms with van der Waals surface area (Å²) in [6.07, 6.45) is 3.25. The molecule has 0 saturated carbocycles. The first-order chi connectivity index (χ1) is 7.34. The molecule has 2 atom stereocenters. The van der Waals surface area contributed by atoms with E-state index in [1.54, 1.807) is 12.4 Å². The third-order valence-corrected chi connectivity index (χ3v) is 3.42. The lowest BCUT2D eigenvalue weighted by molar-refractivity contribution is 0.0782. The molecule has 1 aromatic heterocycles. The molecule has 0 aromatic carbocycles. The topological polar surface area (TPSA) is 61.0 Å². The zero-order valence-corrected chi connectivity index (χ0v) is 8.44. The minimum atomic E-state index is 0.109. The average Bonchev–Trinajstić information content (AvgIpc) is 2.92. The number of nitrogens with zero attached hydrogens (tertiary/aromatic N) is 2. The number of carbonyl (C=O) groups is 1. The molecule has 0 bridgehead atoms. The van der Waals surface area contributed by atoms with Gasteiger partial charge in [-0.15, -0.1) is 0 Å². The van der Waals surface area contributed by atoms with Gasteiger partial charge >= 0.3 is 0 Å². The fourth-order valence-electron chi connectivity index (χ4n) is 2.57. The Morgan fingerprint density at radius 2 is 2.13 bits per heavy atom. The molecular weight excluding hydrogens is 192 g/mol. The van der Waals surface area contributed by atoms with Crippen LogP contribution in [0.25, 0.3) is 0 Å². The van der Waals surface area contributed by atoms with Crippen molar-refractivity contribution in [2.24, 2.45) is 11.8 Å². The molecule has 2 N–H and O–H groups in total. The van der Waals surface area contributed by atoms with Gasteiger partial charge in [-0.3, -0.25) is 9.89 Å². The van der Waals surface area contributed by atoms with Gasteiger partial charge in [-0.25, -0.2) is 0 Å². The third-order valence-electron chi connectivity index (χ3n) is 3.42. The number of carbonyl (C=O) groups excluding carboxylic acids is 1. The minimum Gasteiger partial charge on any atom is -0.338 e. The van der Waals surface area contributed by atoms with Gasteiger partial charge in [-0.1, -0.05) is 0 Å². The number of H-pyrrole nitrogens is 1. The van der Waals surface area contributed by atoms with E-state index in [2.05, 4.69) is 15.5 Å². The fraction of sp³-hybridized carbons (Fsp3) is 0.600. The van der Waals surface area contributed by atoms with Gasteiger partial charge in [0, 0.05) is 32.4 Å². The summed E-state index contributed by atoms with van der Waals surface area (Å²) in [6.45, 7) is 3.89. The number of fused-ring (bicyclic) bond motifs is 1. The fourth-order valence-corrected chi connectivity index (χ4v) is 2.57. The summed E-state index contributed by atoms with van der Waals surface area (Å²) < 4.78 is 0. The third kappa shape index (κ3) is 1.43. The van der Waals surface area contributed by atoms with Crippen LogP contribution in [0.1, 0.15) is 10.4 Å². The summed E-state index contributed by atoms with van der Waals surface area (Å²) in [5, 5.41) is 9.84. The number of hydrogen-bond donors (Lipinski definition) is 2. The smallest absolute Gasteiger partial charge is 0.257 e. The standard InChI is InChI=1S/C10H14N4O/c15-10(7-3-12-13-4-7)14-5-8-1-11-2-9(8)6-14/h3-4,8-9,11H,1-2,5-6H2,(H,12,13)/t8-,9+. The van der Waals surface area contributed by atoms with Crippen molar-refractivity contribution in [3.8, 4) is 0 Å². The first-order valence-corrected chi connectivity index (χ1v) is 5.33. The summed E-state index contributed by atoms with van der Waals surface area (Å²) in [4.78, 5) is 13.9. The first kappa shape index (κ1) is 8.91. The Kier molecular flexibility index (Phi) is 1.98. The van der Waals surface area contributed by atoms with Crippen molar-refractivity contribution in [2.75, 3.05) is 26.2 Å². The average molecular weight is 206 g/mol. The summed E-state index contributed by atoms with van der Waals surface area (Å²) >= 11 is 0. The van der Waals surface area contributed by atoms with Gasteiger partial charge in [0.15, 0.2) is 0 Å². The number of amides is 1. The molecule has 3 rings (SSSR count). The number of nitrogens with one attached hydrogen (secondary N) is 2. The van der Waals surface area contributed by atoms with E-state index in [0.717, 1.165) is 26.2 Å². The minimum absolute atomic E-state index is 0.109. The first-order valence-electron chi connectivity index (χ1n) is 5.33. The lowest BCUT2D eigenvalue weighted by Crippen LogP contribution is -2.31. The number of aromatic amines is 1. The second-order valence-corrected chi connectivity index (χ2v) is 4.38. The zero-order chi connectivity index (χ0) is 10.3. The highest BCUT2D eigenvalue weighted by Crippen LogP contribution is 2.27. The van der Waals surface area contributed by atoms with E-state index in [0.29, 0.717) is 17.4 Å². The van der Waals surface area contributed by atoms with Crippen LogP contribution in [-0.4, -0.2) is 47.2 Å². The van der Waals surface area contributed by atoms with E-state index in [4.69, 9.17) is 0 Å². The molecule has 2 fully saturated rings. The highest BCUT2D eigenvalue weighted by atomic mass is 16.2. The monoisotopic (exact) mass is 206 g/mol. The second kappa shape index (κ2) is 3.34. The van der Waals surface area contributed by atoms with Crippen LogP contribution in [0.15, 0.2) is 12.4 Å². The molecule has 2 aliphatic heterocycles. The van der Waals surface area contributed by atoms with Crippen LogP contribution in [0.5, 0.6) is 0 Å². The molecule has 15 heavy (non-hydrogen) atoms. The van der Waals surface area contributed by atoms with E-state index >= 15 is 0 Å². The van der Waals surface area contributed by atoms with Crippen molar-refractivity contribution < 1.29 is 4.79 Å². The van der Waals surface area contributed by atoms with Gasteiger partial charge in [0.25, 0.3) is 5.91 Å². The number of aromatic nitrogens is 2. The predicted molar refractivity (Wildman–Crippen MR) is 54.3 cm³/mol. The quantitative estimate of drug-likeness (QED) is 0.663. The molecule has 5 heteroatoms. The molecule has 0 aliphatic carbocycles. The summed E-state index contributed by atoms with van der Waals surface area (Å²) in [7, 11) is 0.